The number of hydrogen-bond donors (Lipinski definition) is 1. The van der Waals surface area contributed by atoms with Gasteiger partial charge in [0.1, 0.15) is 5.56 Å². The molecule has 2 heterocycles. The Hall–Kier alpha value is -1.66. The van der Waals surface area contributed by atoms with Crippen LogP contribution in [0, 0.1) is 12.3 Å². The zero-order chi connectivity index (χ0) is 16.3. The molecule has 2 aromatic heterocycles. The Kier molecular flexibility index (Phi) is 5.03. The van der Waals surface area contributed by atoms with Crippen LogP contribution in [0.4, 0.5) is 0 Å². The van der Waals surface area contributed by atoms with E-state index in [4.69, 9.17) is 4.52 Å². The lowest BCUT2D eigenvalue weighted by atomic mass is 9.93. The van der Waals surface area contributed by atoms with Crippen LogP contribution < -0.4 is 5.32 Å². The Morgan fingerprint density at radius 1 is 1.45 bits per heavy atom. The molecular weight excluding hydrogens is 298 g/mol. The van der Waals surface area contributed by atoms with Crippen molar-refractivity contribution in [1.82, 2.24) is 15.4 Å². The zero-order valence-electron chi connectivity index (χ0n) is 13.8. The second-order valence-electron chi connectivity index (χ2n) is 6.53. The van der Waals surface area contributed by atoms with E-state index < -0.39 is 0 Å². The molecule has 120 valence electrons. The zero-order valence-corrected chi connectivity index (χ0v) is 14.6. The first-order valence-electron chi connectivity index (χ1n) is 7.23. The standard InChI is InChI=1S/C16H23N3O2S/c1-11-13(14(21-18-11)12-7-6-8-22-12)15(20)17-9-16(2,3)10-19(4)5/h6-8H,9-10H2,1-5H3,(H,17,20). The van der Waals surface area contributed by atoms with Crippen molar-refractivity contribution in [2.75, 3.05) is 27.2 Å². The topological polar surface area (TPSA) is 58.4 Å². The highest BCUT2D eigenvalue weighted by atomic mass is 32.1. The van der Waals surface area contributed by atoms with Gasteiger partial charge in [-0.05, 0) is 37.9 Å². The van der Waals surface area contributed by atoms with E-state index in [0.717, 1.165) is 11.4 Å². The second kappa shape index (κ2) is 6.62. The van der Waals surface area contributed by atoms with Gasteiger partial charge in [-0.3, -0.25) is 4.79 Å². The fraction of sp³-hybridized carbons (Fsp3) is 0.500. The number of carbonyl (C=O) groups excluding carboxylic acids is 1. The molecule has 0 spiro atoms. The van der Waals surface area contributed by atoms with Crippen molar-refractivity contribution in [2.24, 2.45) is 5.41 Å². The minimum absolute atomic E-state index is 0.00662. The molecule has 6 heteroatoms. The molecule has 0 aliphatic carbocycles. The van der Waals surface area contributed by atoms with E-state index in [9.17, 15) is 4.79 Å². The van der Waals surface area contributed by atoms with Crippen LogP contribution in [-0.4, -0.2) is 43.1 Å². The molecule has 0 atom stereocenters. The molecule has 0 fully saturated rings. The second-order valence-corrected chi connectivity index (χ2v) is 7.48. The largest absolute Gasteiger partial charge is 0.354 e. The molecule has 2 rings (SSSR count). The van der Waals surface area contributed by atoms with Crippen molar-refractivity contribution in [3.63, 3.8) is 0 Å². The number of aromatic nitrogens is 1. The van der Waals surface area contributed by atoms with Crippen molar-refractivity contribution in [3.05, 3.63) is 28.8 Å². The Morgan fingerprint density at radius 2 is 2.18 bits per heavy atom. The maximum Gasteiger partial charge on any atom is 0.257 e. The minimum atomic E-state index is -0.131. The van der Waals surface area contributed by atoms with Gasteiger partial charge >= 0.3 is 0 Å². The number of rotatable bonds is 6. The molecule has 0 aromatic carbocycles. The van der Waals surface area contributed by atoms with Gasteiger partial charge in [0, 0.05) is 13.1 Å². The van der Waals surface area contributed by atoms with Gasteiger partial charge in [-0.2, -0.15) is 0 Å². The van der Waals surface area contributed by atoms with Gasteiger partial charge in [-0.25, -0.2) is 0 Å². The summed E-state index contributed by atoms with van der Waals surface area (Å²) in [6.45, 7) is 7.55. The molecular formula is C16H23N3O2S. The summed E-state index contributed by atoms with van der Waals surface area (Å²) < 4.78 is 5.35. The highest BCUT2D eigenvalue weighted by Gasteiger charge is 2.25. The van der Waals surface area contributed by atoms with Crippen LogP contribution in [0.3, 0.4) is 0 Å². The normalized spacial score (nSPS) is 11.9. The average Bonchev–Trinajstić information content (AvgIpc) is 3.03. The maximum absolute atomic E-state index is 12.6. The van der Waals surface area contributed by atoms with Crippen molar-refractivity contribution >= 4 is 17.2 Å². The van der Waals surface area contributed by atoms with E-state index in [0.29, 0.717) is 23.6 Å². The fourth-order valence-electron chi connectivity index (χ4n) is 2.53. The number of nitrogens with one attached hydrogen (secondary N) is 1. The summed E-state index contributed by atoms with van der Waals surface area (Å²) in [6, 6.07) is 3.86. The van der Waals surface area contributed by atoms with Crippen LogP contribution in [0.25, 0.3) is 10.6 Å². The van der Waals surface area contributed by atoms with Crippen LogP contribution >= 0.6 is 11.3 Å². The molecule has 0 aliphatic heterocycles. The van der Waals surface area contributed by atoms with Crippen LogP contribution in [0.2, 0.25) is 0 Å². The molecule has 0 bridgehead atoms. The molecule has 1 amide bonds. The van der Waals surface area contributed by atoms with Gasteiger partial charge in [-0.1, -0.05) is 25.1 Å². The third-order valence-electron chi connectivity index (χ3n) is 3.31. The average molecular weight is 321 g/mol. The smallest absolute Gasteiger partial charge is 0.257 e. The molecule has 2 aromatic rings. The molecule has 5 nitrogen and oxygen atoms in total. The van der Waals surface area contributed by atoms with Crippen molar-refractivity contribution in [1.29, 1.82) is 0 Å². The van der Waals surface area contributed by atoms with Crippen LogP contribution in [-0.2, 0) is 0 Å². The van der Waals surface area contributed by atoms with Gasteiger partial charge in [0.15, 0.2) is 5.76 Å². The Bertz CT molecular complexity index is 630. The lowest BCUT2D eigenvalue weighted by Gasteiger charge is -2.28. The lowest BCUT2D eigenvalue weighted by Crippen LogP contribution is -2.40. The summed E-state index contributed by atoms with van der Waals surface area (Å²) in [5.74, 6) is 0.421. The molecule has 0 saturated heterocycles. The Labute approximate surface area is 135 Å². The lowest BCUT2D eigenvalue weighted by molar-refractivity contribution is 0.0929. The van der Waals surface area contributed by atoms with Crippen molar-refractivity contribution in [3.8, 4) is 10.6 Å². The number of nitrogens with zero attached hydrogens (tertiary/aromatic N) is 2. The number of aryl methyl sites for hydroxylation is 1. The number of carbonyl (C=O) groups is 1. The minimum Gasteiger partial charge on any atom is -0.354 e. The van der Waals surface area contributed by atoms with E-state index >= 15 is 0 Å². The number of thiophene rings is 1. The predicted octanol–water partition coefficient (Wildman–Crippen LogP) is 3.03. The van der Waals surface area contributed by atoms with Gasteiger partial charge in [0.25, 0.3) is 5.91 Å². The summed E-state index contributed by atoms with van der Waals surface area (Å²) in [7, 11) is 4.06. The summed E-state index contributed by atoms with van der Waals surface area (Å²) in [6.07, 6.45) is 0. The van der Waals surface area contributed by atoms with Gasteiger partial charge in [0.05, 0.1) is 10.6 Å². The third-order valence-corrected chi connectivity index (χ3v) is 4.18. The Balaban J connectivity index is 2.12. The highest BCUT2D eigenvalue weighted by Crippen LogP contribution is 2.30. The summed E-state index contributed by atoms with van der Waals surface area (Å²) in [5.41, 5.74) is 1.14. The van der Waals surface area contributed by atoms with Crippen LogP contribution in [0.5, 0.6) is 0 Å². The summed E-state index contributed by atoms with van der Waals surface area (Å²) in [4.78, 5) is 15.6. The number of amides is 1. The predicted molar refractivity (Wildman–Crippen MR) is 89.2 cm³/mol. The van der Waals surface area contributed by atoms with Gasteiger partial charge in [0.2, 0.25) is 0 Å². The monoisotopic (exact) mass is 321 g/mol. The van der Waals surface area contributed by atoms with Crippen LogP contribution in [0.1, 0.15) is 29.9 Å². The molecule has 0 radical (unpaired) electrons. The molecule has 0 unspecified atom stereocenters. The maximum atomic E-state index is 12.6. The molecule has 22 heavy (non-hydrogen) atoms. The van der Waals surface area contributed by atoms with Crippen LogP contribution in [0.15, 0.2) is 22.0 Å². The first-order chi connectivity index (χ1) is 10.3. The van der Waals surface area contributed by atoms with Gasteiger partial charge in [-0.15, -0.1) is 11.3 Å². The van der Waals surface area contributed by atoms with E-state index in [2.05, 4.69) is 29.2 Å². The fourth-order valence-corrected chi connectivity index (χ4v) is 3.24. The molecule has 0 aliphatic rings. The van der Waals surface area contributed by atoms with Crippen molar-refractivity contribution < 1.29 is 9.32 Å². The van der Waals surface area contributed by atoms with Crippen molar-refractivity contribution in [2.45, 2.75) is 20.8 Å². The van der Waals surface area contributed by atoms with E-state index in [-0.39, 0.29) is 11.3 Å². The molecule has 1 N–H and O–H groups in total. The van der Waals surface area contributed by atoms with E-state index in [1.54, 1.807) is 6.92 Å². The first-order valence-corrected chi connectivity index (χ1v) is 8.11. The summed E-state index contributed by atoms with van der Waals surface area (Å²) in [5, 5.41) is 8.92. The Morgan fingerprint density at radius 3 is 2.77 bits per heavy atom. The summed E-state index contributed by atoms with van der Waals surface area (Å²) >= 11 is 1.53. The third kappa shape index (κ3) is 3.96. The first kappa shape index (κ1) is 16.7. The van der Waals surface area contributed by atoms with Gasteiger partial charge < -0.3 is 14.7 Å². The highest BCUT2D eigenvalue weighted by molar-refractivity contribution is 7.13. The number of hydrogen-bond acceptors (Lipinski definition) is 5. The molecule has 0 saturated carbocycles. The van der Waals surface area contributed by atoms with E-state index in [1.165, 1.54) is 11.3 Å². The van der Waals surface area contributed by atoms with E-state index in [1.807, 2.05) is 31.6 Å². The SMILES string of the molecule is Cc1noc(-c2cccs2)c1C(=O)NCC(C)(C)CN(C)C. The quantitative estimate of drug-likeness (QED) is 0.888.